The molecule has 0 aromatic carbocycles. The summed E-state index contributed by atoms with van der Waals surface area (Å²) in [6.45, 7) is 3.05. The van der Waals surface area contributed by atoms with Crippen molar-refractivity contribution in [1.82, 2.24) is 5.32 Å². The predicted molar refractivity (Wildman–Crippen MR) is 67.5 cm³/mol. The molecule has 1 saturated heterocycles. The molecule has 4 heteroatoms. The van der Waals surface area contributed by atoms with Crippen molar-refractivity contribution >= 4 is 27.3 Å². The van der Waals surface area contributed by atoms with E-state index in [1.165, 1.54) is 27.1 Å². The van der Waals surface area contributed by atoms with Gasteiger partial charge in [-0.1, -0.05) is 0 Å². The zero-order valence-corrected chi connectivity index (χ0v) is 11.5. The minimum Gasteiger partial charge on any atom is -0.376 e. The monoisotopic (exact) mass is 289 g/mol. The number of thiophene rings is 1. The third-order valence-corrected chi connectivity index (χ3v) is 5.05. The molecule has 1 N–H and O–H groups in total. The van der Waals surface area contributed by atoms with E-state index >= 15 is 0 Å². The van der Waals surface area contributed by atoms with Gasteiger partial charge in [0.25, 0.3) is 0 Å². The maximum Gasteiger partial charge on any atom is 0.0778 e. The van der Waals surface area contributed by atoms with E-state index in [2.05, 4.69) is 34.2 Å². The Balaban J connectivity index is 2.18. The lowest BCUT2D eigenvalue weighted by atomic mass is 10.1. The van der Waals surface area contributed by atoms with Crippen molar-refractivity contribution in [2.75, 3.05) is 13.7 Å². The molecule has 0 aliphatic carbocycles. The fourth-order valence-electron chi connectivity index (χ4n) is 2.01. The van der Waals surface area contributed by atoms with Gasteiger partial charge in [-0.3, -0.25) is 0 Å². The highest BCUT2D eigenvalue weighted by molar-refractivity contribution is 9.10. The number of rotatable bonds is 3. The van der Waals surface area contributed by atoms with Gasteiger partial charge in [-0.05, 0) is 48.8 Å². The maximum atomic E-state index is 5.74. The molecule has 0 amide bonds. The molecule has 2 atom stereocenters. The summed E-state index contributed by atoms with van der Waals surface area (Å²) >= 11 is 5.41. The lowest BCUT2D eigenvalue weighted by Crippen LogP contribution is -2.28. The van der Waals surface area contributed by atoms with Crippen LogP contribution in [0.3, 0.4) is 0 Å². The van der Waals surface area contributed by atoms with Crippen molar-refractivity contribution < 1.29 is 4.74 Å². The van der Waals surface area contributed by atoms with Gasteiger partial charge in [0.15, 0.2) is 0 Å². The molecule has 1 aromatic rings. The molecule has 15 heavy (non-hydrogen) atoms. The van der Waals surface area contributed by atoms with Gasteiger partial charge < -0.3 is 10.1 Å². The first-order chi connectivity index (χ1) is 7.22. The fraction of sp³-hybridized carbons (Fsp3) is 0.636. The van der Waals surface area contributed by atoms with Crippen molar-refractivity contribution in [1.29, 1.82) is 0 Å². The normalized spacial score (nSPS) is 23.3. The van der Waals surface area contributed by atoms with Crippen LogP contribution in [0.1, 0.15) is 28.6 Å². The molecular weight excluding hydrogens is 274 g/mol. The highest BCUT2D eigenvalue weighted by Crippen LogP contribution is 2.35. The maximum absolute atomic E-state index is 5.74. The average molecular weight is 290 g/mol. The fourth-order valence-corrected chi connectivity index (χ4v) is 3.74. The zero-order chi connectivity index (χ0) is 10.8. The number of likely N-dealkylation sites (N-methyl/N-ethyl adjacent to an activating group) is 1. The second kappa shape index (κ2) is 4.95. The summed E-state index contributed by atoms with van der Waals surface area (Å²) in [5, 5.41) is 3.37. The minimum atomic E-state index is 0.347. The molecule has 0 spiro atoms. The summed E-state index contributed by atoms with van der Waals surface area (Å²) in [5.41, 5.74) is 0. The van der Waals surface area contributed by atoms with E-state index in [0.717, 1.165) is 6.61 Å². The summed E-state index contributed by atoms with van der Waals surface area (Å²) in [5.74, 6) is 0. The molecule has 84 valence electrons. The van der Waals surface area contributed by atoms with Crippen LogP contribution in [-0.2, 0) is 4.74 Å². The first-order valence-electron chi connectivity index (χ1n) is 5.27. The Morgan fingerprint density at radius 3 is 2.93 bits per heavy atom. The Labute approximate surface area is 103 Å². The molecule has 0 saturated carbocycles. The summed E-state index contributed by atoms with van der Waals surface area (Å²) in [6, 6.07) is 2.56. The van der Waals surface area contributed by atoms with E-state index in [1.54, 1.807) is 0 Å². The Hall–Kier alpha value is 0.1000. The van der Waals surface area contributed by atoms with Crippen LogP contribution in [0.5, 0.6) is 0 Å². The van der Waals surface area contributed by atoms with E-state index in [4.69, 9.17) is 4.74 Å². The van der Waals surface area contributed by atoms with Gasteiger partial charge in [0.2, 0.25) is 0 Å². The molecule has 2 unspecified atom stereocenters. The van der Waals surface area contributed by atoms with Crippen LogP contribution >= 0.6 is 27.3 Å². The van der Waals surface area contributed by atoms with Gasteiger partial charge >= 0.3 is 0 Å². The van der Waals surface area contributed by atoms with Crippen LogP contribution in [-0.4, -0.2) is 19.8 Å². The van der Waals surface area contributed by atoms with Gasteiger partial charge in [0.05, 0.1) is 12.1 Å². The number of nitrogens with one attached hydrogen (secondary N) is 1. The lowest BCUT2D eigenvalue weighted by molar-refractivity contribution is 0.0818. The predicted octanol–water partition coefficient (Wildman–Crippen LogP) is 3.26. The Morgan fingerprint density at radius 2 is 2.47 bits per heavy atom. The minimum absolute atomic E-state index is 0.347. The summed E-state index contributed by atoms with van der Waals surface area (Å²) in [4.78, 5) is 2.71. The van der Waals surface area contributed by atoms with Gasteiger partial charge in [-0.15, -0.1) is 11.3 Å². The molecular formula is C11H16BrNOS. The van der Waals surface area contributed by atoms with E-state index in [9.17, 15) is 0 Å². The molecule has 1 aromatic heterocycles. The van der Waals surface area contributed by atoms with Crippen LogP contribution in [0.4, 0.5) is 0 Å². The van der Waals surface area contributed by atoms with Crippen molar-refractivity contribution in [2.45, 2.75) is 31.9 Å². The van der Waals surface area contributed by atoms with E-state index in [-0.39, 0.29) is 0 Å². The first-order valence-corrected chi connectivity index (χ1v) is 6.88. The molecule has 2 nitrogen and oxygen atoms in total. The van der Waals surface area contributed by atoms with Gasteiger partial charge in [-0.25, -0.2) is 0 Å². The standard InChI is InChI=1S/C11H16BrNOS/c1-7-8(12)6-10(15-7)11(13-2)9-4-3-5-14-9/h6,9,11,13H,3-5H2,1-2H3. The third kappa shape index (κ3) is 2.44. The van der Waals surface area contributed by atoms with Crippen molar-refractivity contribution in [3.63, 3.8) is 0 Å². The summed E-state index contributed by atoms with van der Waals surface area (Å²) in [6.07, 6.45) is 2.70. The van der Waals surface area contributed by atoms with Crippen LogP contribution < -0.4 is 5.32 Å². The van der Waals surface area contributed by atoms with E-state index < -0.39 is 0 Å². The first kappa shape index (κ1) is 11.6. The molecule has 1 aliphatic rings. The number of hydrogen-bond acceptors (Lipinski definition) is 3. The van der Waals surface area contributed by atoms with Crippen molar-refractivity contribution in [2.24, 2.45) is 0 Å². The quantitative estimate of drug-likeness (QED) is 0.922. The summed E-state index contributed by atoms with van der Waals surface area (Å²) in [7, 11) is 2.01. The Bertz CT molecular complexity index is 314. The molecule has 0 radical (unpaired) electrons. The highest BCUT2D eigenvalue weighted by atomic mass is 79.9. The molecule has 0 bridgehead atoms. The van der Waals surface area contributed by atoms with E-state index in [1.807, 2.05) is 18.4 Å². The van der Waals surface area contributed by atoms with Crippen molar-refractivity contribution in [3.05, 3.63) is 20.3 Å². The third-order valence-electron chi connectivity index (χ3n) is 2.83. The Morgan fingerprint density at radius 1 is 1.67 bits per heavy atom. The lowest BCUT2D eigenvalue weighted by Gasteiger charge is -2.21. The smallest absolute Gasteiger partial charge is 0.0778 e. The highest BCUT2D eigenvalue weighted by Gasteiger charge is 2.27. The van der Waals surface area contributed by atoms with Gasteiger partial charge in [0.1, 0.15) is 0 Å². The second-order valence-corrected chi connectivity index (χ2v) is 6.01. The van der Waals surface area contributed by atoms with Gasteiger partial charge in [0, 0.05) is 20.8 Å². The van der Waals surface area contributed by atoms with Crippen LogP contribution in [0.15, 0.2) is 10.5 Å². The number of aryl methyl sites for hydroxylation is 1. The molecule has 2 rings (SSSR count). The second-order valence-electron chi connectivity index (χ2n) is 3.87. The Kier molecular flexibility index (Phi) is 3.83. The van der Waals surface area contributed by atoms with Crippen LogP contribution in [0.2, 0.25) is 0 Å². The van der Waals surface area contributed by atoms with Crippen LogP contribution in [0, 0.1) is 6.92 Å². The number of hydrogen-bond donors (Lipinski definition) is 1. The molecule has 1 fully saturated rings. The summed E-state index contributed by atoms with van der Waals surface area (Å²) < 4.78 is 6.95. The van der Waals surface area contributed by atoms with Gasteiger partial charge in [-0.2, -0.15) is 0 Å². The zero-order valence-electron chi connectivity index (χ0n) is 9.05. The van der Waals surface area contributed by atoms with Crippen LogP contribution in [0.25, 0.3) is 0 Å². The van der Waals surface area contributed by atoms with Crippen molar-refractivity contribution in [3.8, 4) is 0 Å². The SMILES string of the molecule is CNC(c1cc(Br)c(C)s1)C1CCCO1. The van der Waals surface area contributed by atoms with E-state index in [0.29, 0.717) is 12.1 Å². The largest absolute Gasteiger partial charge is 0.376 e. The average Bonchev–Trinajstić information content (AvgIpc) is 2.80. The molecule has 2 heterocycles. The number of halogens is 1. The molecule has 1 aliphatic heterocycles. The number of ether oxygens (including phenoxy) is 1. The topological polar surface area (TPSA) is 21.3 Å².